The van der Waals surface area contributed by atoms with Crippen LogP contribution in [0, 0.1) is 5.92 Å². The van der Waals surface area contributed by atoms with Crippen molar-refractivity contribution in [2.24, 2.45) is 5.92 Å². The quantitative estimate of drug-likeness (QED) is 0.0141. The van der Waals surface area contributed by atoms with Gasteiger partial charge in [-0.05, 0) is 18.9 Å². The van der Waals surface area contributed by atoms with E-state index < -0.39 is 70.8 Å². The molecule has 2 rings (SSSR count). The molecule has 1 saturated heterocycles. The van der Waals surface area contributed by atoms with Gasteiger partial charge in [0.15, 0.2) is 13.8 Å². The van der Waals surface area contributed by atoms with Crippen molar-refractivity contribution in [1.29, 1.82) is 0 Å². The van der Waals surface area contributed by atoms with E-state index in [1.807, 2.05) is 0 Å². The Kier molecular flexibility index (Phi) is 50.1. The number of ether oxygens (including phenoxy) is 2. The van der Waals surface area contributed by atoms with Crippen molar-refractivity contribution in [3.8, 4) is 0 Å². The number of nitrogens with zero attached hydrogens (tertiary/aromatic N) is 2. The largest absolute Gasteiger partial charge is 1.00 e. The van der Waals surface area contributed by atoms with Gasteiger partial charge in [0.2, 0.25) is 0 Å². The van der Waals surface area contributed by atoms with Crippen LogP contribution in [0.1, 0.15) is 193 Å². The van der Waals surface area contributed by atoms with Crippen molar-refractivity contribution in [1.82, 2.24) is 9.55 Å². The summed E-state index contributed by atoms with van der Waals surface area (Å²) in [5, 5.41) is 38.7. The summed E-state index contributed by atoms with van der Waals surface area (Å²) in [7, 11) is -11.8. The van der Waals surface area contributed by atoms with Crippen LogP contribution in [0.4, 0.5) is 5.82 Å². The van der Waals surface area contributed by atoms with Crippen LogP contribution < -0.4 is 180 Å². The van der Waals surface area contributed by atoms with E-state index in [-0.39, 0.29) is 172 Å². The predicted molar refractivity (Wildman–Crippen MR) is 239 cm³/mol. The minimum atomic E-state index is -6.05. The molecular weight excluding hydrogens is 990 g/mol. The van der Waals surface area contributed by atoms with Crippen molar-refractivity contribution < 1.29 is 222 Å². The number of rotatable bonds is 38. The maximum Gasteiger partial charge on any atom is 1.00 e. The Hall–Kier alpha value is 2.99. The third-order valence-corrected chi connectivity index (χ3v) is 14.2. The van der Waals surface area contributed by atoms with E-state index in [2.05, 4.69) is 23.1 Å². The summed E-state index contributed by atoms with van der Waals surface area (Å²) < 4.78 is 36.8. The Morgan fingerprint density at radius 1 is 0.791 bits per heavy atom. The van der Waals surface area contributed by atoms with Crippen LogP contribution in [-0.2, 0) is 32.5 Å². The molecule has 0 bridgehead atoms. The number of hydrogen-bond acceptors (Lipinski definition) is 17. The standard InChI is InChI=1S/C32H62O2.C12H21N3O13P2.3K/c1-3-5-7-9-11-13-15-17-19-21-23-25-27-29-32(34)31(30-33)28-26-24-22-20-18-16-14-12-10-8-6-4-2;13-7-1-2-15(12(20)14-7)10-9(19)8(18)6(27-10)4-26-11(5(17)3-16)29(21,22)28-30(23,24)25;;;/h30-31H,3-29H2,1-2H3;1-2,5-6,8-11,16-19H,3-4H2,(H,21,22)(H2,13,14,20)(H2,23,24,25);;;/q;;3*+1/p-3/t;5-,6+,8+,9+,10+,11?;;;/m.0.../s1. The number of carbonyl (C=O) groups is 2. The van der Waals surface area contributed by atoms with Crippen molar-refractivity contribution in [3.63, 3.8) is 0 Å². The summed E-state index contributed by atoms with van der Waals surface area (Å²) in [6.07, 6.45) is 27.8. The molecular formula is C44H80K3N3O15P2. The molecule has 1 aliphatic heterocycles. The van der Waals surface area contributed by atoms with Crippen molar-refractivity contribution >= 4 is 33.3 Å². The van der Waals surface area contributed by atoms with Crippen molar-refractivity contribution in [3.05, 3.63) is 22.7 Å². The zero-order valence-electron chi connectivity index (χ0n) is 41.4. The Bertz CT molecular complexity index is 1550. The molecule has 0 radical (unpaired) electrons. The zero-order chi connectivity index (χ0) is 47.8. The maximum absolute atomic E-state index is 12.4. The molecule has 67 heavy (non-hydrogen) atoms. The molecule has 6 N–H and O–H groups in total. The van der Waals surface area contributed by atoms with Crippen LogP contribution in [0.25, 0.3) is 0 Å². The average molecular weight is 1070 g/mol. The van der Waals surface area contributed by atoms with Crippen LogP contribution in [0.2, 0.25) is 0 Å². The second-order valence-electron chi connectivity index (χ2n) is 17.0. The minimum absolute atomic E-state index is 0. The fourth-order valence-electron chi connectivity index (χ4n) is 7.61. The molecule has 0 spiro atoms. The Balaban J connectivity index is -0.00000118. The molecule has 1 aromatic rings. The number of phosphoric acid groups is 1. The molecule has 18 nitrogen and oxygen atoms in total. The monoisotopic (exact) mass is 1070 g/mol. The number of aldehydes is 1. The molecule has 0 aromatic carbocycles. The summed E-state index contributed by atoms with van der Waals surface area (Å²) in [6.45, 7) is 2.42. The van der Waals surface area contributed by atoms with Crippen molar-refractivity contribution in [2.45, 2.75) is 224 Å². The fraction of sp³-hybridized carbons (Fsp3) is 0.864. The summed E-state index contributed by atoms with van der Waals surface area (Å²) in [5.74, 6) is -2.79. The van der Waals surface area contributed by atoms with Crippen LogP contribution in [-0.4, -0.2) is 85.5 Å². The normalized spacial score (nSPS) is 19.1. The molecule has 0 aliphatic carbocycles. The molecule has 2 heterocycles. The fourth-order valence-corrected chi connectivity index (χ4v) is 9.88. The third kappa shape index (κ3) is 35.0. The molecule has 1 aromatic heterocycles. The van der Waals surface area contributed by atoms with Gasteiger partial charge in [0.1, 0.15) is 48.1 Å². The number of nitrogen functional groups attached to an aromatic ring is 1. The number of hydrogen-bond donors (Lipinski definition) is 5. The number of aliphatic hydroxyl groups excluding tert-OH is 4. The van der Waals surface area contributed by atoms with Gasteiger partial charge in [0.05, 0.1) is 27.0 Å². The molecule has 1 fully saturated rings. The van der Waals surface area contributed by atoms with Crippen LogP contribution in [0.3, 0.4) is 0 Å². The first kappa shape index (κ1) is 74.2. The number of aromatic nitrogens is 2. The molecule has 1 aliphatic rings. The van der Waals surface area contributed by atoms with Gasteiger partial charge in [-0.1, -0.05) is 168 Å². The number of ketones is 1. The van der Waals surface area contributed by atoms with Gasteiger partial charge >= 0.3 is 160 Å². The average Bonchev–Trinajstić information content (AvgIpc) is 3.51. The second kappa shape index (κ2) is 45.2. The number of nitrogens with two attached hydrogens (primary N) is 1. The minimum Gasteiger partial charge on any atom is -0.790 e. The maximum atomic E-state index is 12.4. The summed E-state index contributed by atoms with van der Waals surface area (Å²) >= 11 is 0. The van der Waals surface area contributed by atoms with E-state index in [4.69, 9.17) is 20.3 Å². The van der Waals surface area contributed by atoms with Gasteiger partial charge in [0, 0.05) is 12.6 Å². The second-order valence-corrected chi connectivity index (χ2v) is 20.1. The third-order valence-electron chi connectivity index (χ3n) is 11.4. The van der Waals surface area contributed by atoms with Crippen LogP contribution in [0.5, 0.6) is 0 Å². The number of Topliss-reactive ketones (excluding diaryl/α,β-unsaturated/α-hetero) is 1. The van der Waals surface area contributed by atoms with Crippen LogP contribution in [0.15, 0.2) is 17.1 Å². The van der Waals surface area contributed by atoms with Crippen molar-refractivity contribution in [2.75, 3.05) is 18.9 Å². The summed E-state index contributed by atoms with van der Waals surface area (Å²) in [4.78, 5) is 72.1. The van der Waals surface area contributed by atoms with E-state index in [1.165, 1.54) is 147 Å². The van der Waals surface area contributed by atoms with E-state index in [1.54, 1.807) is 0 Å². The molecule has 0 amide bonds. The first-order chi connectivity index (χ1) is 30.5. The molecule has 374 valence electrons. The van der Waals surface area contributed by atoms with E-state index in [9.17, 15) is 53.5 Å². The smallest absolute Gasteiger partial charge is 0.790 e. The first-order valence-electron chi connectivity index (χ1n) is 23.8. The first-order valence-corrected chi connectivity index (χ1v) is 26.9. The Morgan fingerprint density at radius 3 is 1.63 bits per heavy atom. The van der Waals surface area contributed by atoms with E-state index in [0.29, 0.717) is 6.42 Å². The number of unbranched alkanes of at least 4 members (excludes halogenated alkanes) is 23. The summed E-state index contributed by atoms with van der Waals surface area (Å²) in [6, 6.07) is 1.20. The number of aliphatic hydroxyl groups is 4. The van der Waals surface area contributed by atoms with Gasteiger partial charge in [-0.25, -0.2) is 4.79 Å². The van der Waals surface area contributed by atoms with Gasteiger partial charge in [-0.2, -0.15) is 4.98 Å². The molecule has 8 atom stereocenters. The van der Waals surface area contributed by atoms with E-state index in [0.717, 1.165) is 42.7 Å². The van der Waals surface area contributed by atoms with Gasteiger partial charge in [-0.15, -0.1) is 0 Å². The SMILES string of the molecule is CCCCCCCCCCCCCCCC(=O)C(C=O)CCCCCCCCCCCCCC.Nc1ccn([C@@H]2O[C@H](COC([C@@H](O)CO)P(=O)([O-])OP(=O)([O-])[O-])[C@@H](O)[C@H]2O)c(=O)n1.[K+].[K+].[K+]. The zero-order valence-corrected chi connectivity index (χ0v) is 52.6. The topological polar surface area (TPSA) is 307 Å². The molecule has 0 saturated carbocycles. The molecule has 3 unspecified atom stereocenters. The van der Waals surface area contributed by atoms with E-state index >= 15 is 0 Å². The van der Waals surface area contributed by atoms with Gasteiger partial charge in [-0.3, -0.25) is 9.36 Å². The summed E-state index contributed by atoms with van der Waals surface area (Å²) in [5.41, 5.74) is 4.42. The molecule has 23 heteroatoms. The van der Waals surface area contributed by atoms with Gasteiger partial charge < -0.3 is 68.5 Å². The Labute approximate surface area is 527 Å². The van der Waals surface area contributed by atoms with Gasteiger partial charge in [0.25, 0.3) is 0 Å². The number of carbonyl (C=O) groups excluding carboxylic acids is 2. The number of anilines is 1. The Morgan fingerprint density at radius 2 is 1.22 bits per heavy atom. The van der Waals surface area contributed by atoms with Crippen LogP contribution >= 0.6 is 15.4 Å². The predicted octanol–water partition coefficient (Wildman–Crippen LogP) is -3.51.